The van der Waals surface area contributed by atoms with E-state index in [1.165, 1.54) is 0 Å². The van der Waals surface area contributed by atoms with Crippen molar-refractivity contribution < 1.29 is 23.4 Å². The molecular weight excluding hydrogens is 490 g/mol. The summed E-state index contributed by atoms with van der Waals surface area (Å²) in [7, 11) is -3.41. The van der Waals surface area contributed by atoms with Crippen molar-refractivity contribution in [3.63, 3.8) is 0 Å². The summed E-state index contributed by atoms with van der Waals surface area (Å²) >= 11 is 0. The second-order valence-electron chi connectivity index (χ2n) is 9.30. The second-order valence-corrected chi connectivity index (χ2v) is 15.2. The van der Waals surface area contributed by atoms with Crippen LogP contribution >= 0.6 is 14.7 Å². The minimum absolute atomic E-state index is 0.239. The molecular formula is C29H32O5P2. The third-order valence-electron chi connectivity index (χ3n) is 6.65. The Morgan fingerprint density at radius 2 is 1.11 bits per heavy atom. The van der Waals surface area contributed by atoms with Gasteiger partial charge in [-0.25, -0.2) is 0 Å². The predicted molar refractivity (Wildman–Crippen MR) is 149 cm³/mol. The van der Waals surface area contributed by atoms with Gasteiger partial charge in [0.1, 0.15) is 0 Å². The SMILES string of the molecule is COc1cccc(CP(OP(=O)(O)O)(c2ccc(C)cc2)(c2ccc(C)cc2)c2ccc(C)cc2)c1. The van der Waals surface area contributed by atoms with Gasteiger partial charge >= 0.3 is 213 Å². The zero-order valence-corrected chi connectivity index (χ0v) is 22.7. The molecule has 0 saturated carbocycles. The van der Waals surface area contributed by atoms with Crippen molar-refractivity contribution >= 4 is 30.6 Å². The van der Waals surface area contributed by atoms with Gasteiger partial charge in [0.05, 0.1) is 0 Å². The predicted octanol–water partition coefficient (Wildman–Crippen LogP) is 5.67. The van der Waals surface area contributed by atoms with Gasteiger partial charge in [-0.15, -0.1) is 0 Å². The van der Waals surface area contributed by atoms with Crippen LogP contribution in [0.1, 0.15) is 22.3 Å². The molecule has 2 N–H and O–H groups in total. The maximum atomic E-state index is 13.0. The third kappa shape index (κ3) is 4.91. The Labute approximate surface area is 213 Å². The number of hydrogen-bond donors (Lipinski definition) is 2. The van der Waals surface area contributed by atoms with Gasteiger partial charge in [-0.3, -0.25) is 0 Å². The number of rotatable bonds is 8. The molecule has 0 heterocycles. The van der Waals surface area contributed by atoms with Gasteiger partial charge < -0.3 is 0 Å². The Kier molecular flexibility index (Phi) is 7.26. The van der Waals surface area contributed by atoms with Crippen molar-refractivity contribution in [2.45, 2.75) is 26.9 Å². The van der Waals surface area contributed by atoms with E-state index in [0.717, 1.165) is 38.2 Å². The first-order valence-corrected chi connectivity index (χ1v) is 15.6. The number of methoxy groups -OCH3 is 1. The van der Waals surface area contributed by atoms with E-state index in [-0.39, 0.29) is 6.16 Å². The van der Waals surface area contributed by atoms with E-state index in [9.17, 15) is 14.4 Å². The summed E-state index contributed by atoms with van der Waals surface area (Å²) in [5.41, 5.74) is 3.98. The fraction of sp³-hybridized carbons (Fsp3) is 0.172. The van der Waals surface area contributed by atoms with Crippen LogP contribution in [-0.4, -0.2) is 16.9 Å². The maximum absolute atomic E-state index is 13.0. The van der Waals surface area contributed by atoms with Crippen LogP contribution in [0.25, 0.3) is 0 Å². The van der Waals surface area contributed by atoms with Crippen LogP contribution in [0.4, 0.5) is 0 Å². The van der Waals surface area contributed by atoms with E-state index >= 15 is 0 Å². The van der Waals surface area contributed by atoms with Crippen LogP contribution in [0.2, 0.25) is 0 Å². The normalized spacial score (nSPS) is 13.1. The molecule has 36 heavy (non-hydrogen) atoms. The van der Waals surface area contributed by atoms with Crippen molar-refractivity contribution in [1.29, 1.82) is 0 Å². The van der Waals surface area contributed by atoms with Gasteiger partial charge in [0.15, 0.2) is 0 Å². The van der Waals surface area contributed by atoms with E-state index in [4.69, 9.17) is 9.05 Å². The number of hydrogen-bond acceptors (Lipinski definition) is 3. The Morgan fingerprint density at radius 1 is 0.694 bits per heavy atom. The minimum atomic E-state index is -5.01. The summed E-state index contributed by atoms with van der Waals surface area (Å²) in [6.45, 7) is 1.66. The first kappa shape index (κ1) is 26.3. The molecule has 0 fully saturated rings. The van der Waals surface area contributed by atoms with Crippen molar-refractivity contribution in [2.24, 2.45) is 0 Å². The summed E-state index contributed by atoms with van der Waals surface area (Å²) in [5, 5.41) is 2.22. The molecule has 0 amide bonds. The molecule has 0 aliphatic heterocycles. The molecule has 0 unspecified atom stereocenters. The van der Waals surface area contributed by atoms with Crippen molar-refractivity contribution in [1.82, 2.24) is 0 Å². The Hall–Kier alpha value is -2.78. The van der Waals surface area contributed by atoms with Crippen LogP contribution in [0.15, 0.2) is 97.1 Å². The zero-order chi connectivity index (χ0) is 26.0. The van der Waals surface area contributed by atoms with Gasteiger partial charge in [0, 0.05) is 0 Å². The second kappa shape index (κ2) is 9.94. The average Bonchev–Trinajstić information content (AvgIpc) is 2.84. The number of aryl methyl sites for hydroxylation is 3. The number of benzene rings is 4. The molecule has 0 aliphatic rings. The molecule has 4 aromatic rings. The molecule has 0 saturated heterocycles. The molecule has 7 heteroatoms. The van der Waals surface area contributed by atoms with Crippen LogP contribution in [-0.2, 0) is 15.0 Å². The van der Waals surface area contributed by atoms with E-state index < -0.39 is 14.7 Å². The standard InChI is InChI=1S/C29H32O5P2/c1-22-8-14-27(15-9-22)36(34-35(30,31)32,28-16-10-23(2)11-17-28,29-18-12-24(3)13-19-29)21-25-6-5-7-26(20-25)33-4/h5-20H,21H2,1-4H3,(H2,30,31,32). The zero-order valence-electron chi connectivity index (χ0n) is 21.0. The monoisotopic (exact) mass is 522 g/mol. The molecule has 0 aliphatic carbocycles. The molecule has 0 spiro atoms. The van der Waals surface area contributed by atoms with E-state index in [1.807, 2.05) is 118 Å². The van der Waals surface area contributed by atoms with Crippen LogP contribution < -0.4 is 20.7 Å². The molecule has 0 atom stereocenters. The molecule has 5 nitrogen and oxygen atoms in total. The Bertz CT molecular complexity index is 1280. The number of phosphoric acid groups is 1. The first-order valence-electron chi connectivity index (χ1n) is 11.7. The summed E-state index contributed by atoms with van der Waals surface area (Å²) in [6, 6.07) is 31.1. The van der Waals surface area contributed by atoms with Gasteiger partial charge in [0.25, 0.3) is 0 Å². The van der Waals surface area contributed by atoms with Crippen molar-refractivity contribution in [3.05, 3.63) is 119 Å². The van der Waals surface area contributed by atoms with Gasteiger partial charge in [-0.2, -0.15) is 0 Å². The molecule has 4 rings (SSSR count). The summed E-state index contributed by atoms with van der Waals surface area (Å²) in [5.74, 6) is 0.664. The topological polar surface area (TPSA) is 76.0 Å². The molecule has 0 aromatic heterocycles. The first-order chi connectivity index (χ1) is 17.0. The third-order valence-corrected chi connectivity index (χ3v) is 14.1. The molecule has 4 aromatic carbocycles. The van der Waals surface area contributed by atoms with Crippen LogP contribution in [0, 0.1) is 20.8 Å². The van der Waals surface area contributed by atoms with Crippen LogP contribution in [0.5, 0.6) is 5.75 Å². The van der Waals surface area contributed by atoms with Crippen LogP contribution in [0.3, 0.4) is 0 Å². The van der Waals surface area contributed by atoms with E-state index in [1.54, 1.807) is 7.11 Å². The average molecular weight is 523 g/mol. The Morgan fingerprint density at radius 3 is 1.47 bits per heavy atom. The van der Waals surface area contributed by atoms with Gasteiger partial charge in [0.2, 0.25) is 0 Å². The van der Waals surface area contributed by atoms with E-state index in [2.05, 4.69) is 0 Å². The molecule has 188 valence electrons. The fourth-order valence-corrected chi connectivity index (χ4v) is 12.7. The Balaban J connectivity index is 2.22. The van der Waals surface area contributed by atoms with E-state index in [0.29, 0.717) is 5.75 Å². The van der Waals surface area contributed by atoms with Crippen molar-refractivity contribution in [2.75, 3.05) is 7.11 Å². The molecule has 0 radical (unpaired) electrons. The molecule has 0 bridgehead atoms. The summed E-state index contributed by atoms with van der Waals surface area (Å²) in [6.07, 6.45) is 0.239. The number of ether oxygens (including phenoxy) is 1. The van der Waals surface area contributed by atoms with Gasteiger partial charge in [-0.1, -0.05) is 0 Å². The fourth-order valence-electron chi connectivity index (χ4n) is 4.83. The summed E-state index contributed by atoms with van der Waals surface area (Å²) in [4.78, 5) is 21.1. The quantitative estimate of drug-likeness (QED) is 0.292. The van der Waals surface area contributed by atoms with Crippen molar-refractivity contribution in [3.8, 4) is 5.75 Å². The van der Waals surface area contributed by atoms with Gasteiger partial charge in [-0.05, 0) is 0 Å². The summed E-state index contributed by atoms with van der Waals surface area (Å²) < 4.78 is 24.8.